The molecule has 0 bridgehead atoms. The van der Waals surface area contributed by atoms with Gasteiger partial charge in [0, 0.05) is 25.0 Å². The average Bonchev–Trinajstić information content (AvgIpc) is 2.38. The van der Waals surface area contributed by atoms with Crippen LogP contribution in [-0.4, -0.2) is 15.1 Å². The summed E-state index contributed by atoms with van der Waals surface area (Å²) < 4.78 is 0. The third kappa shape index (κ3) is 3.28. The van der Waals surface area contributed by atoms with Crippen LogP contribution in [0.5, 0.6) is 5.75 Å². The minimum Gasteiger partial charge on any atom is -0.508 e. The number of nitrogens with one attached hydrogen (secondary N) is 1. The summed E-state index contributed by atoms with van der Waals surface area (Å²) in [6.45, 7) is 4.63. The van der Waals surface area contributed by atoms with E-state index in [1.807, 2.05) is 19.1 Å². The van der Waals surface area contributed by atoms with Gasteiger partial charge in [0.25, 0.3) is 0 Å². The highest BCUT2D eigenvalue weighted by atomic mass is 16.3. The number of rotatable bonds is 4. The summed E-state index contributed by atoms with van der Waals surface area (Å²) in [6.07, 6.45) is 3.54. The van der Waals surface area contributed by atoms with Crippen LogP contribution in [0.15, 0.2) is 36.7 Å². The van der Waals surface area contributed by atoms with Crippen LogP contribution in [0.25, 0.3) is 0 Å². The van der Waals surface area contributed by atoms with Gasteiger partial charge in [0.05, 0.1) is 11.4 Å². The van der Waals surface area contributed by atoms with E-state index < -0.39 is 0 Å². The lowest BCUT2D eigenvalue weighted by Crippen LogP contribution is -2.18. The Morgan fingerprint density at radius 3 is 2.78 bits per heavy atom. The first-order chi connectivity index (χ1) is 8.65. The van der Waals surface area contributed by atoms with Gasteiger partial charge in [0.15, 0.2) is 0 Å². The number of aromatic hydroxyl groups is 1. The number of nitrogens with zero attached hydrogens (tertiary/aromatic N) is 2. The van der Waals surface area contributed by atoms with E-state index in [4.69, 9.17) is 0 Å². The molecule has 1 aromatic heterocycles. The van der Waals surface area contributed by atoms with Crippen molar-refractivity contribution in [2.75, 3.05) is 0 Å². The fourth-order valence-electron chi connectivity index (χ4n) is 1.68. The lowest BCUT2D eigenvalue weighted by atomic mass is 10.1. The number of phenols is 1. The molecule has 2 aromatic rings. The zero-order chi connectivity index (χ0) is 13.0. The van der Waals surface area contributed by atoms with Gasteiger partial charge in [-0.3, -0.25) is 9.97 Å². The zero-order valence-electron chi connectivity index (χ0n) is 10.6. The molecular weight excluding hydrogens is 226 g/mol. The molecule has 1 atom stereocenters. The molecule has 2 N–H and O–H groups in total. The van der Waals surface area contributed by atoms with Crippen LogP contribution in [0.2, 0.25) is 0 Å². The second-order valence-corrected chi connectivity index (χ2v) is 4.35. The molecule has 0 radical (unpaired) electrons. The Kier molecular flexibility index (Phi) is 3.89. The summed E-state index contributed by atoms with van der Waals surface area (Å²) in [4.78, 5) is 8.49. The molecule has 1 unspecified atom stereocenters. The van der Waals surface area contributed by atoms with Crippen LogP contribution in [0.4, 0.5) is 0 Å². The molecule has 0 saturated heterocycles. The first-order valence-corrected chi connectivity index (χ1v) is 5.95. The zero-order valence-corrected chi connectivity index (χ0v) is 10.6. The highest BCUT2D eigenvalue weighted by molar-refractivity contribution is 5.29. The standard InChI is InChI=1S/C14H17N3O/c1-10-7-17-13(8-15-10)9-16-11(2)12-4-3-5-14(18)6-12/h3-8,11,16,18H,9H2,1-2H3. The van der Waals surface area contributed by atoms with Gasteiger partial charge in [-0.2, -0.15) is 0 Å². The molecule has 0 aliphatic heterocycles. The SMILES string of the molecule is Cc1cnc(CNC(C)c2cccc(O)c2)cn1. The van der Waals surface area contributed by atoms with E-state index in [1.54, 1.807) is 24.5 Å². The minimum absolute atomic E-state index is 0.153. The third-order valence-electron chi connectivity index (χ3n) is 2.79. The molecule has 0 saturated carbocycles. The second-order valence-electron chi connectivity index (χ2n) is 4.35. The molecule has 0 spiro atoms. The average molecular weight is 243 g/mol. The van der Waals surface area contributed by atoms with E-state index in [9.17, 15) is 5.11 Å². The molecule has 2 rings (SSSR count). The molecule has 0 aliphatic carbocycles. The Morgan fingerprint density at radius 1 is 1.28 bits per heavy atom. The maximum absolute atomic E-state index is 9.43. The van der Waals surface area contributed by atoms with Crippen LogP contribution >= 0.6 is 0 Å². The topological polar surface area (TPSA) is 58.0 Å². The Bertz CT molecular complexity index is 511. The molecular formula is C14H17N3O. The molecule has 94 valence electrons. The van der Waals surface area contributed by atoms with E-state index in [1.165, 1.54) is 0 Å². The molecule has 4 nitrogen and oxygen atoms in total. The highest BCUT2D eigenvalue weighted by Gasteiger charge is 2.05. The lowest BCUT2D eigenvalue weighted by Gasteiger charge is -2.14. The van der Waals surface area contributed by atoms with Crippen molar-refractivity contribution >= 4 is 0 Å². The number of phenolic OH excluding ortho intramolecular Hbond substituents is 1. The van der Waals surface area contributed by atoms with E-state index >= 15 is 0 Å². The predicted molar refractivity (Wildman–Crippen MR) is 70.1 cm³/mol. The monoisotopic (exact) mass is 243 g/mol. The Morgan fingerprint density at radius 2 is 2.11 bits per heavy atom. The van der Waals surface area contributed by atoms with Gasteiger partial charge in [0.2, 0.25) is 0 Å². The summed E-state index contributed by atoms with van der Waals surface area (Å²) in [5.41, 5.74) is 2.88. The number of hydrogen-bond acceptors (Lipinski definition) is 4. The normalized spacial score (nSPS) is 12.3. The van der Waals surface area contributed by atoms with E-state index in [-0.39, 0.29) is 11.8 Å². The number of aromatic nitrogens is 2. The molecule has 0 aliphatic rings. The van der Waals surface area contributed by atoms with Gasteiger partial charge in [-0.1, -0.05) is 12.1 Å². The van der Waals surface area contributed by atoms with E-state index in [2.05, 4.69) is 22.2 Å². The van der Waals surface area contributed by atoms with Crippen molar-refractivity contribution in [2.45, 2.75) is 26.4 Å². The van der Waals surface area contributed by atoms with Crippen molar-refractivity contribution in [3.8, 4) is 5.75 Å². The van der Waals surface area contributed by atoms with E-state index in [0.717, 1.165) is 17.0 Å². The Balaban J connectivity index is 1.96. The third-order valence-corrected chi connectivity index (χ3v) is 2.79. The van der Waals surface area contributed by atoms with Crippen LogP contribution in [0.3, 0.4) is 0 Å². The van der Waals surface area contributed by atoms with Crippen molar-refractivity contribution in [1.29, 1.82) is 0 Å². The van der Waals surface area contributed by atoms with Crippen LogP contribution in [0.1, 0.15) is 29.9 Å². The second kappa shape index (κ2) is 5.60. The smallest absolute Gasteiger partial charge is 0.115 e. The van der Waals surface area contributed by atoms with Crippen molar-refractivity contribution in [3.63, 3.8) is 0 Å². The highest BCUT2D eigenvalue weighted by Crippen LogP contribution is 2.17. The van der Waals surface area contributed by atoms with Crippen LogP contribution < -0.4 is 5.32 Å². The maximum Gasteiger partial charge on any atom is 0.115 e. The molecule has 18 heavy (non-hydrogen) atoms. The molecule has 4 heteroatoms. The first kappa shape index (κ1) is 12.5. The molecule has 0 fully saturated rings. The predicted octanol–water partition coefficient (Wildman–Crippen LogP) is 2.34. The van der Waals surface area contributed by atoms with Crippen molar-refractivity contribution in [1.82, 2.24) is 15.3 Å². The summed E-state index contributed by atoms with van der Waals surface area (Å²) in [5.74, 6) is 0.288. The van der Waals surface area contributed by atoms with Crippen molar-refractivity contribution in [2.24, 2.45) is 0 Å². The van der Waals surface area contributed by atoms with Crippen LogP contribution in [-0.2, 0) is 6.54 Å². The summed E-state index contributed by atoms with van der Waals surface area (Å²) >= 11 is 0. The maximum atomic E-state index is 9.43. The van der Waals surface area contributed by atoms with Gasteiger partial charge < -0.3 is 10.4 Å². The van der Waals surface area contributed by atoms with Crippen molar-refractivity contribution < 1.29 is 5.11 Å². The van der Waals surface area contributed by atoms with Gasteiger partial charge >= 0.3 is 0 Å². The van der Waals surface area contributed by atoms with Gasteiger partial charge in [0.1, 0.15) is 5.75 Å². The fraction of sp³-hybridized carbons (Fsp3) is 0.286. The van der Waals surface area contributed by atoms with Gasteiger partial charge in [-0.15, -0.1) is 0 Å². The van der Waals surface area contributed by atoms with Gasteiger partial charge in [-0.25, -0.2) is 0 Å². The minimum atomic E-state index is 0.153. The number of hydrogen-bond donors (Lipinski definition) is 2. The molecule has 0 amide bonds. The van der Waals surface area contributed by atoms with Crippen LogP contribution in [0, 0.1) is 6.92 Å². The number of benzene rings is 1. The lowest BCUT2D eigenvalue weighted by molar-refractivity contribution is 0.472. The Labute approximate surface area is 107 Å². The largest absolute Gasteiger partial charge is 0.508 e. The molecule has 1 aromatic carbocycles. The summed E-state index contributed by atoms with van der Waals surface area (Å²) in [5, 5.41) is 12.8. The first-order valence-electron chi connectivity index (χ1n) is 5.95. The number of aryl methyl sites for hydroxylation is 1. The van der Waals surface area contributed by atoms with Gasteiger partial charge in [-0.05, 0) is 31.5 Å². The molecule has 1 heterocycles. The summed E-state index contributed by atoms with van der Waals surface area (Å²) in [6, 6.07) is 7.41. The summed E-state index contributed by atoms with van der Waals surface area (Å²) in [7, 11) is 0. The van der Waals surface area contributed by atoms with Crippen molar-refractivity contribution in [3.05, 3.63) is 53.6 Å². The fourth-order valence-corrected chi connectivity index (χ4v) is 1.68. The van der Waals surface area contributed by atoms with E-state index in [0.29, 0.717) is 6.54 Å². The quantitative estimate of drug-likeness (QED) is 0.865. The Hall–Kier alpha value is -1.94.